The maximum Gasteiger partial charge on any atom is 0.238 e. The summed E-state index contributed by atoms with van der Waals surface area (Å²) in [5.41, 5.74) is 3.89. The first kappa shape index (κ1) is 20.1. The van der Waals surface area contributed by atoms with Crippen molar-refractivity contribution in [2.24, 2.45) is 5.14 Å². The summed E-state index contributed by atoms with van der Waals surface area (Å²) in [4.78, 5) is 1.16. The molecule has 0 unspecified atom stereocenters. The third-order valence-electron chi connectivity index (χ3n) is 4.15. The van der Waals surface area contributed by atoms with Gasteiger partial charge in [0.25, 0.3) is 0 Å². The summed E-state index contributed by atoms with van der Waals surface area (Å²) in [7, 11) is -3.83. The first-order valence-corrected chi connectivity index (χ1v) is 12.1. The molecule has 27 heavy (non-hydrogen) atoms. The Labute approximate surface area is 173 Å². The van der Waals surface area contributed by atoms with E-state index < -0.39 is 10.0 Å². The number of thioether (sulfide) groups is 1. The van der Waals surface area contributed by atoms with Crippen LogP contribution >= 0.6 is 27.7 Å². The Bertz CT molecular complexity index is 1010. The lowest BCUT2D eigenvalue weighted by Gasteiger charge is -2.16. The van der Waals surface area contributed by atoms with Crippen LogP contribution in [-0.2, 0) is 27.5 Å². The van der Waals surface area contributed by atoms with Gasteiger partial charge in [0.2, 0.25) is 10.0 Å². The van der Waals surface area contributed by atoms with Crippen molar-refractivity contribution < 1.29 is 8.42 Å². The summed E-state index contributed by atoms with van der Waals surface area (Å²) in [6.45, 7) is 0. The molecule has 0 aliphatic heterocycles. The molecular formula is C21H20BrNO2S2. The molecule has 0 bridgehead atoms. The minimum absolute atomic E-state index is 0.207. The molecule has 0 aliphatic rings. The molecule has 3 nitrogen and oxygen atoms in total. The van der Waals surface area contributed by atoms with Crippen molar-refractivity contribution in [2.75, 3.05) is 0 Å². The van der Waals surface area contributed by atoms with E-state index in [1.165, 1.54) is 5.56 Å². The van der Waals surface area contributed by atoms with E-state index in [4.69, 9.17) is 5.14 Å². The fourth-order valence-electron chi connectivity index (χ4n) is 2.84. The molecule has 6 heteroatoms. The molecule has 0 saturated carbocycles. The predicted octanol–water partition coefficient (Wildman–Crippen LogP) is 5.11. The second-order valence-corrected chi connectivity index (χ2v) is 9.29. The standard InChI is InChI=1S/C21H20BrNO2S2/c22-14-18-12-20(26-15-17-9-5-2-6-10-17)19(21(13-18)27(23,24)25)11-16-7-3-1-4-8-16/h1-10,12-13H,11,14-15H2,(H2,23,24,25). The fraction of sp³-hybridized carbons (Fsp3) is 0.143. The maximum atomic E-state index is 12.3. The Balaban J connectivity index is 2.05. The maximum absolute atomic E-state index is 12.3. The highest BCUT2D eigenvalue weighted by Gasteiger charge is 2.19. The highest BCUT2D eigenvalue weighted by atomic mass is 79.9. The van der Waals surface area contributed by atoms with Gasteiger partial charge in [0.15, 0.2) is 0 Å². The molecule has 0 aliphatic carbocycles. The number of halogens is 1. The lowest BCUT2D eigenvalue weighted by atomic mass is 10.0. The minimum Gasteiger partial charge on any atom is -0.225 e. The Morgan fingerprint density at radius 3 is 2.00 bits per heavy atom. The van der Waals surface area contributed by atoms with Crippen LogP contribution in [0.5, 0.6) is 0 Å². The Morgan fingerprint density at radius 1 is 0.852 bits per heavy atom. The largest absolute Gasteiger partial charge is 0.238 e. The average molecular weight is 462 g/mol. The summed E-state index contributed by atoms with van der Waals surface area (Å²) < 4.78 is 24.6. The van der Waals surface area contributed by atoms with Crippen molar-refractivity contribution in [1.29, 1.82) is 0 Å². The van der Waals surface area contributed by atoms with Crippen molar-refractivity contribution in [3.8, 4) is 0 Å². The van der Waals surface area contributed by atoms with Gasteiger partial charge < -0.3 is 0 Å². The number of nitrogens with two attached hydrogens (primary N) is 1. The van der Waals surface area contributed by atoms with Crippen molar-refractivity contribution >= 4 is 37.7 Å². The van der Waals surface area contributed by atoms with E-state index in [0.717, 1.165) is 27.3 Å². The highest BCUT2D eigenvalue weighted by Crippen LogP contribution is 2.34. The number of hydrogen-bond donors (Lipinski definition) is 1. The molecule has 2 N–H and O–H groups in total. The van der Waals surface area contributed by atoms with Crippen LogP contribution in [0.25, 0.3) is 0 Å². The first-order chi connectivity index (χ1) is 13.0. The van der Waals surface area contributed by atoms with E-state index >= 15 is 0 Å². The van der Waals surface area contributed by atoms with Crippen molar-refractivity contribution in [3.63, 3.8) is 0 Å². The van der Waals surface area contributed by atoms with Gasteiger partial charge >= 0.3 is 0 Å². The molecule has 140 valence electrons. The molecule has 0 saturated heterocycles. The number of hydrogen-bond acceptors (Lipinski definition) is 3. The van der Waals surface area contributed by atoms with E-state index in [2.05, 4.69) is 34.1 Å². The smallest absolute Gasteiger partial charge is 0.225 e. The third-order valence-corrected chi connectivity index (χ3v) is 6.93. The first-order valence-electron chi connectivity index (χ1n) is 8.42. The quantitative estimate of drug-likeness (QED) is 0.392. The Morgan fingerprint density at radius 2 is 1.44 bits per heavy atom. The Kier molecular flexibility index (Phi) is 6.76. The van der Waals surface area contributed by atoms with E-state index in [9.17, 15) is 8.42 Å². The zero-order valence-electron chi connectivity index (χ0n) is 14.6. The van der Waals surface area contributed by atoms with E-state index in [1.54, 1.807) is 17.8 Å². The summed E-state index contributed by atoms with van der Waals surface area (Å²) >= 11 is 5.07. The van der Waals surface area contributed by atoms with Crippen molar-refractivity contribution in [2.45, 2.75) is 27.3 Å². The lowest BCUT2D eigenvalue weighted by Crippen LogP contribution is -2.16. The van der Waals surface area contributed by atoms with Crippen LogP contribution in [0, 0.1) is 0 Å². The highest BCUT2D eigenvalue weighted by molar-refractivity contribution is 9.08. The molecule has 0 fully saturated rings. The van der Waals surface area contributed by atoms with E-state index in [0.29, 0.717) is 11.8 Å². The van der Waals surface area contributed by atoms with Crippen LogP contribution in [0.2, 0.25) is 0 Å². The molecule has 3 rings (SSSR count). The van der Waals surface area contributed by atoms with Gasteiger partial charge in [-0.25, -0.2) is 13.6 Å². The molecule has 0 spiro atoms. The average Bonchev–Trinajstić information content (AvgIpc) is 2.67. The number of rotatable bonds is 7. The molecular weight excluding hydrogens is 442 g/mol. The second kappa shape index (κ2) is 9.06. The van der Waals surface area contributed by atoms with Gasteiger partial charge in [-0.1, -0.05) is 76.6 Å². The fourth-order valence-corrected chi connectivity index (χ4v) is 5.18. The van der Waals surface area contributed by atoms with Crippen molar-refractivity contribution in [1.82, 2.24) is 0 Å². The molecule has 3 aromatic carbocycles. The van der Waals surface area contributed by atoms with Crippen molar-refractivity contribution in [3.05, 3.63) is 95.1 Å². The van der Waals surface area contributed by atoms with Gasteiger partial charge in [-0.05, 0) is 40.8 Å². The van der Waals surface area contributed by atoms with Crippen LogP contribution in [-0.4, -0.2) is 8.42 Å². The molecule has 3 aromatic rings. The monoisotopic (exact) mass is 461 g/mol. The van der Waals surface area contributed by atoms with Gasteiger partial charge in [-0.15, -0.1) is 11.8 Å². The summed E-state index contributed by atoms with van der Waals surface area (Å²) in [5.74, 6) is 0.762. The molecule has 0 radical (unpaired) electrons. The minimum atomic E-state index is -3.83. The number of primary sulfonamides is 1. The zero-order chi connectivity index (χ0) is 19.3. The van der Waals surface area contributed by atoms with Gasteiger partial charge in [0.05, 0.1) is 4.90 Å². The van der Waals surface area contributed by atoms with Crippen LogP contribution in [0.1, 0.15) is 22.3 Å². The molecule has 0 atom stereocenters. The number of benzene rings is 3. The van der Waals surface area contributed by atoms with E-state index in [-0.39, 0.29) is 4.90 Å². The molecule has 0 amide bonds. The third kappa shape index (κ3) is 5.45. The number of sulfonamides is 1. The van der Waals surface area contributed by atoms with Crippen LogP contribution in [0.15, 0.2) is 82.6 Å². The molecule has 0 aromatic heterocycles. The van der Waals surface area contributed by atoms with Gasteiger partial charge in [0, 0.05) is 16.0 Å². The van der Waals surface area contributed by atoms with Crippen LogP contribution < -0.4 is 5.14 Å². The second-order valence-electron chi connectivity index (χ2n) is 6.19. The van der Waals surface area contributed by atoms with E-state index in [1.807, 2.05) is 48.5 Å². The molecule has 0 heterocycles. The topological polar surface area (TPSA) is 60.2 Å². The van der Waals surface area contributed by atoms with Crippen LogP contribution in [0.4, 0.5) is 0 Å². The number of alkyl halides is 1. The van der Waals surface area contributed by atoms with Gasteiger partial charge in [-0.2, -0.15) is 0 Å². The van der Waals surface area contributed by atoms with Gasteiger partial charge in [-0.3, -0.25) is 0 Å². The summed E-state index contributed by atoms with van der Waals surface area (Å²) in [6, 6.07) is 23.7. The predicted molar refractivity (Wildman–Crippen MR) is 116 cm³/mol. The SMILES string of the molecule is NS(=O)(=O)c1cc(CBr)cc(SCc2ccccc2)c1Cc1ccccc1. The lowest BCUT2D eigenvalue weighted by molar-refractivity contribution is 0.596. The van der Waals surface area contributed by atoms with Crippen LogP contribution in [0.3, 0.4) is 0 Å². The van der Waals surface area contributed by atoms with Gasteiger partial charge in [0.1, 0.15) is 0 Å². The zero-order valence-corrected chi connectivity index (χ0v) is 17.9. The normalized spacial score (nSPS) is 11.5. The summed E-state index contributed by atoms with van der Waals surface area (Å²) in [5, 5.41) is 6.13. The summed E-state index contributed by atoms with van der Waals surface area (Å²) in [6.07, 6.45) is 0.520. The Hall–Kier alpha value is -1.60.